The molecular weight excluding hydrogens is 188 g/mol. The van der Waals surface area contributed by atoms with E-state index in [-0.39, 0.29) is 5.91 Å². The van der Waals surface area contributed by atoms with Gasteiger partial charge in [0.15, 0.2) is 0 Å². The van der Waals surface area contributed by atoms with Crippen molar-refractivity contribution in [1.29, 1.82) is 0 Å². The first kappa shape index (κ1) is 12.2. The summed E-state index contributed by atoms with van der Waals surface area (Å²) in [5.41, 5.74) is 0. The number of rotatable bonds is 5. The molecule has 0 radical (unpaired) electrons. The highest BCUT2D eigenvalue weighted by molar-refractivity contribution is 5.77. The summed E-state index contributed by atoms with van der Waals surface area (Å²) in [6, 6.07) is 0. The molecule has 1 N–H and O–H groups in total. The smallest absolute Gasteiger partial charge is 0.226 e. The molecule has 0 spiro atoms. The minimum atomic E-state index is 0.233. The standard InChI is InChI=1S/C12H22N2O/c1-3-4-12(15)14-9-6-11(7-10-14)5-8-13-2/h3,11,13H,1,4-10H2,2H3. The van der Waals surface area contributed by atoms with Gasteiger partial charge in [-0.15, -0.1) is 6.58 Å². The zero-order valence-electron chi connectivity index (χ0n) is 9.67. The molecular formula is C12H22N2O. The average molecular weight is 210 g/mol. The number of carbonyl (C=O) groups is 1. The van der Waals surface area contributed by atoms with Gasteiger partial charge in [0.2, 0.25) is 5.91 Å². The first-order valence-electron chi connectivity index (χ1n) is 5.81. The molecule has 0 aromatic rings. The molecule has 1 fully saturated rings. The fraction of sp³-hybridized carbons (Fsp3) is 0.750. The minimum Gasteiger partial charge on any atom is -0.342 e. The van der Waals surface area contributed by atoms with Gasteiger partial charge < -0.3 is 10.2 Å². The van der Waals surface area contributed by atoms with Crippen LogP contribution in [0.4, 0.5) is 0 Å². The van der Waals surface area contributed by atoms with Gasteiger partial charge in [-0.2, -0.15) is 0 Å². The maximum atomic E-state index is 11.6. The fourth-order valence-electron chi connectivity index (χ4n) is 2.07. The second kappa shape index (κ2) is 6.62. The highest BCUT2D eigenvalue weighted by atomic mass is 16.2. The lowest BCUT2D eigenvalue weighted by Gasteiger charge is -2.31. The van der Waals surface area contributed by atoms with E-state index in [2.05, 4.69) is 11.9 Å². The third kappa shape index (κ3) is 4.04. The lowest BCUT2D eigenvalue weighted by Crippen LogP contribution is -2.38. The van der Waals surface area contributed by atoms with Gasteiger partial charge in [0, 0.05) is 19.5 Å². The molecule has 0 unspecified atom stereocenters. The third-order valence-corrected chi connectivity index (χ3v) is 3.09. The summed E-state index contributed by atoms with van der Waals surface area (Å²) in [6.45, 7) is 6.55. The van der Waals surface area contributed by atoms with E-state index in [0.717, 1.165) is 38.4 Å². The van der Waals surface area contributed by atoms with Crippen molar-refractivity contribution in [3.63, 3.8) is 0 Å². The minimum absolute atomic E-state index is 0.233. The van der Waals surface area contributed by atoms with Crippen LogP contribution in [0, 0.1) is 5.92 Å². The molecule has 3 nitrogen and oxygen atoms in total. The predicted molar refractivity (Wildman–Crippen MR) is 62.7 cm³/mol. The summed E-state index contributed by atoms with van der Waals surface area (Å²) in [4.78, 5) is 13.5. The molecule has 0 bridgehead atoms. The van der Waals surface area contributed by atoms with Gasteiger partial charge in [-0.05, 0) is 38.8 Å². The third-order valence-electron chi connectivity index (χ3n) is 3.09. The number of amides is 1. The first-order valence-corrected chi connectivity index (χ1v) is 5.81. The molecule has 0 atom stereocenters. The van der Waals surface area contributed by atoms with Crippen molar-refractivity contribution < 1.29 is 4.79 Å². The summed E-state index contributed by atoms with van der Waals surface area (Å²) >= 11 is 0. The zero-order valence-corrected chi connectivity index (χ0v) is 9.67. The molecule has 0 aromatic heterocycles. The fourth-order valence-corrected chi connectivity index (χ4v) is 2.07. The highest BCUT2D eigenvalue weighted by Crippen LogP contribution is 2.20. The van der Waals surface area contributed by atoms with Crippen LogP contribution in [0.25, 0.3) is 0 Å². The van der Waals surface area contributed by atoms with Crippen molar-refractivity contribution in [3.8, 4) is 0 Å². The number of hydrogen-bond donors (Lipinski definition) is 1. The van der Waals surface area contributed by atoms with Crippen LogP contribution in [0.15, 0.2) is 12.7 Å². The molecule has 1 heterocycles. The molecule has 86 valence electrons. The van der Waals surface area contributed by atoms with Crippen LogP contribution in [0.5, 0.6) is 0 Å². The quantitative estimate of drug-likeness (QED) is 0.696. The monoisotopic (exact) mass is 210 g/mol. The Hall–Kier alpha value is -0.830. The lowest BCUT2D eigenvalue weighted by molar-refractivity contribution is -0.131. The Morgan fingerprint density at radius 1 is 1.53 bits per heavy atom. The second-order valence-electron chi connectivity index (χ2n) is 4.21. The number of likely N-dealkylation sites (tertiary alicyclic amines) is 1. The van der Waals surface area contributed by atoms with Crippen molar-refractivity contribution in [1.82, 2.24) is 10.2 Å². The molecule has 3 heteroatoms. The van der Waals surface area contributed by atoms with Crippen LogP contribution >= 0.6 is 0 Å². The topological polar surface area (TPSA) is 32.3 Å². The van der Waals surface area contributed by atoms with Gasteiger partial charge in [0.1, 0.15) is 0 Å². The Balaban J connectivity index is 2.23. The molecule has 1 aliphatic rings. The van der Waals surface area contributed by atoms with Gasteiger partial charge in [-0.1, -0.05) is 6.08 Å². The molecule has 1 rings (SSSR count). The van der Waals surface area contributed by atoms with E-state index in [9.17, 15) is 4.79 Å². The number of hydrogen-bond acceptors (Lipinski definition) is 2. The van der Waals surface area contributed by atoms with Gasteiger partial charge in [0.05, 0.1) is 0 Å². The van der Waals surface area contributed by atoms with Crippen molar-refractivity contribution in [2.24, 2.45) is 5.92 Å². The van der Waals surface area contributed by atoms with Gasteiger partial charge in [-0.3, -0.25) is 4.79 Å². The van der Waals surface area contributed by atoms with E-state index < -0.39 is 0 Å². The molecule has 15 heavy (non-hydrogen) atoms. The molecule has 1 saturated heterocycles. The van der Waals surface area contributed by atoms with Gasteiger partial charge in [0.25, 0.3) is 0 Å². The maximum Gasteiger partial charge on any atom is 0.226 e. The van der Waals surface area contributed by atoms with Crippen molar-refractivity contribution in [2.45, 2.75) is 25.7 Å². The van der Waals surface area contributed by atoms with Crippen LogP contribution in [-0.4, -0.2) is 37.5 Å². The van der Waals surface area contributed by atoms with E-state index in [1.54, 1.807) is 6.08 Å². The van der Waals surface area contributed by atoms with E-state index in [0.29, 0.717) is 6.42 Å². The van der Waals surface area contributed by atoms with Gasteiger partial charge >= 0.3 is 0 Å². The Kier molecular flexibility index (Phi) is 5.40. The molecule has 1 amide bonds. The summed E-state index contributed by atoms with van der Waals surface area (Å²) < 4.78 is 0. The zero-order chi connectivity index (χ0) is 11.1. The number of piperidine rings is 1. The van der Waals surface area contributed by atoms with Crippen LogP contribution in [0.3, 0.4) is 0 Å². The van der Waals surface area contributed by atoms with Crippen molar-refractivity contribution in [2.75, 3.05) is 26.7 Å². The maximum absolute atomic E-state index is 11.6. The Bertz CT molecular complexity index is 208. The number of nitrogens with one attached hydrogen (secondary N) is 1. The van der Waals surface area contributed by atoms with Gasteiger partial charge in [-0.25, -0.2) is 0 Å². The SMILES string of the molecule is C=CCC(=O)N1CCC(CCNC)CC1. The van der Waals surface area contributed by atoms with E-state index >= 15 is 0 Å². The largest absolute Gasteiger partial charge is 0.342 e. The average Bonchev–Trinajstić information content (AvgIpc) is 2.27. The summed E-state index contributed by atoms with van der Waals surface area (Å²) in [7, 11) is 1.99. The second-order valence-corrected chi connectivity index (χ2v) is 4.21. The Labute approximate surface area is 92.5 Å². The summed E-state index contributed by atoms with van der Waals surface area (Å²) in [5.74, 6) is 1.03. The molecule has 0 saturated carbocycles. The first-order chi connectivity index (χ1) is 7.27. The van der Waals surface area contributed by atoms with Crippen LogP contribution in [0.2, 0.25) is 0 Å². The normalized spacial score (nSPS) is 17.8. The van der Waals surface area contributed by atoms with E-state index in [4.69, 9.17) is 0 Å². The van der Waals surface area contributed by atoms with Crippen molar-refractivity contribution in [3.05, 3.63) is 12.7 Å². The molecule has 0 aliphatic carbocycles. The number of carbonyl (C=O) groups excluding carboxylic acids is 1. The highest BCUT2D eigenvalue weighted by Gasteiger charge is 2.21. The van der Waals surface area contributed by atoms with E-state index in [1.807, 2.05) is 11.9 Å². The van der Waals surface area contributed by atoms with E-state index in [1.165, 1.54) is 6.42 Å². The van der Waals surface area contributed by atoms with Crippen LogP contribution in [0.1, 0.15) is 25.7 Å². The van der Waals surface area contributed by atoms with Crippen LogP contribution in [-0.2, 0) is 4.79 Å². The summed E-state index contributed by atoms with van der Waals surface area (Å²) in [5, 5.41) is 3.18. The van der Waals surface area contributed by atoms with Crippen LogP contribution < -0.4 is 5.32 Å². The Morgan fingerprint density at radius 2 is 2.20 bits per heavy atom. The summed E-state index contributed by atoms with van der Waals surface area (Å²) in [6.07, 6.45) is 5.73. The predicted octanol–water partition coefficient (Wildman–Crippen LogP) is 1.41. The Morgan fingerprint density at radius 3 is 2.73 bits per heavy atom. The van der Waals surface area contributed by atoms with Crippen molar-refractivity contribution >= 4 is 5.91 Å². The molecule has 0 aromatic carbocycles. The molecule has 1 aliphatic heterocycles. The lowest BCUT2D eigenvalue weighted by atomic mass is 9.93. The number of nitrogens with zero attached hydrogens (tertiary/aromatic N) is 1.